The van der Waals surface area contributed by atoms with E-state index in [-0.39, 0.29) is 17.0 Å². The van der Waals surface area contributed by atoms with Gasteiger partial charge < -0.3 is 10.2 Å². The van der Waals surface area contributed by atoms with Crippen LogP contribution in [-0.2, 0) is 4.79 Å². The topological polar surface area (TPSA) is 125 Å². The number of nitrogens with zero attached hydrogens (tertiary/aromatic N) is 2. The molecule has 1 amide bonds. The molecule has 0 aromatic heterocycles. The van der Waals surface area contributed by atoms with Crippen molar-refractivity contribution in [1.29, 1.82) is 0 Å². The lowest BCUT2D eigenvalue weighted by Gasteiger charge is -2.08. The predicted molar refractivity (Wildman–Crippen MR) is 81.9 cm³/mol. The summed E-state index contributed by atoms with van der Waals surface area (Å²) in [5, 5.41) is 33.7. The molecule has 0 heterocycles. The Morgan fingerprint density at radius 2 is 1.96 bits per heavy atom. The van der Waals surface area contributed by atoms with Crippen LogP contribution >= 0.6 is 0 Å². The zero-order valence-corrected chi connectivity index (χ0v) is 11.8. The molecule has 0 aliphatic heterocycles. The highest BCUT2D eigenvalue weighted by molar-refractivity contribution is 5.87. The summed E-state index contributed by atoms with van der Waals surface area (Å²) < 4.78 is 0. The van der Waals surface area contributed by atoms with Crippen molar-refractivity contribution >= 4 is 17.8 Å². The van der Waals surface area contributed by atoms with Crippen LogP contribution in [0.2, 0.25) is 0 Å². The van der Waals surface area contributed by atoms with E-state index < -0.39 is 16.9 Å². The number of hydrogen-bond donors (Lipinski definition) is 3. The molecule has 0 aliphatic rings. The van der Waals surface area contributed by atoms with Crippen molar-refractivity contribution in [1.82, 2.24) is 5.43 Å². The summed E-state index contributed by atoms with van der Waals surface area (Å²) in [4.78, 5) is 21.8. The van der Waals surface area contributed by atoms with E-state index in [0.717, 1.165) is 24.4 Å². The lowest BCUT2D eigenvalue weighted by Crippen LogP contribution is -2.25. The number of non-ortho nitro benzene ring substituents is 1. The number of aliphatic hydroxyl groups excluding tert-OH is 1. The Kier molecular flexibility index (Phi) is 5.00. The Bertz CT molecular complexity index is 746. The minimum atomic E-state index is -1.40. The molecule has 23 heavy (non-hydrogen) atoms. The first-order valence-electron chi connectivity index (χ1n) is 6.52. The monoisotopic (exact) mass is 315 g/mol. The van der Waals surface area contributed by atoms with Crippen molar-refractivity contribution in [3.05, 3.63) is 69.8 Å². The molecule has 2 aromatic carbocycles. The number of nitro groups is 1. The first-order chi connectivity index (χ1) is 11.0. The summed E-state index contributed by atoms with van der Waals surface area (Å²) in [6.07, 6.45) is -0.343. The maximum atomic E-state index is 11.7. The number of aromatic hydroxyl groups is 1. The summed E-state index contributed by atoms with van der Waals surface area (Å²) in [5.74, 6) is -0.991. The SMILES string of the molecule is O=C(N/N=C/c1cc([N+](=O)[O-])ccc1O)[C@H](O)c1ccccc1. The normalized spacial score (nSPS) is 12.0. The van der Waals surface area contributed by atoms with Crippen molar-refractivity contribution in [2.24, 2.45) is 5.10 Å². The fourth-order valence-corrected chi connectivity index (χ4v) is 1.77. The molecule has 0 spiro atoms. The van der Waals surface area contributed by atoms with E-state index in [1.807, 2.05) is 0 Å². The number of carbonyl (C=O) groups is 1. The first-order valence-corrected chi connectivity index (χ1v) is 6.52. The molecule has 0 fully saturated rings. The lowest BCUT2D eigenvalue weighted by molar-refractivity contribution is -0.384. The van der Waals surface area contributed by atoms with Gasteiger partial charge in [0.05, 0.1) is 11.1 Å². The van der Waals surface area contributed by atoms with Crippen LogP contribution in [0.25, 0.3) is 0 Å². The van der Waals surface area contributed by atoms with E-state index in [1.165, 1.54) is 0 Å². The zero-order chi connectivity index (χ0) is 16.8. The highest BCUT2D eigenvalue weighted by atomic mass is 16.6. The van der Waals surface area contributed by atoms with Gasteiger partial charge in [0.2, 0.25) is 0 Å². The fourth-order valence-electron chi connectivity index (χ4n) is 1.77. The highest BCUT2D eigenvalue weighted by Crippen LogP contribution is 2.21. The van der Waals surface area contributed by atoms with E-state index >= 15 is 0 Å². The van der Waals surface area contributed by atoms with Crippen LogP contribution in [0.15, 0.2) is 53.6 Å². The van der Waals surface area contributed by atoms with E-state index in [4.69, 9.17) is 0 Å². The van der Waals surface area contributed by atoms with E-state index in [0.29, 0.717) is 5.56 Å². The van der Waals surface area contributed by atoms with E-state index in [1.54, 1.807) is 30.3 Å². The summed E-state index contributed by atoms with van der Waals surface area (Å²) in [6.45, 7) is 0. The molecule has 8 heteroatoms. The smallest absolute Gasteiger partial charge is 0.273 e. The molecule has 0 aliphatic carbocycles. The number of nitrogens with one attached hydrogen (secondary N) is 1. The number of benzene rings is 2. The number of hydrogen-bond acceptors (Lipinski definition) is 6. The number of amides is 1. The fraction of sp³-hybridized carbons (Fsp3) is 0.0667. The van der Waals surface area contributed by atoms with Crippen molar-refractivity contribution in [3.63, 3.8) is 0 Å². The van der Waals surface area contributed by atoms with Crippen LogP contribution in [0.1, 0.15) is 17.2 Å². The third-order valence-corrected chi connectivity index (χ3v) is 2.96. The number of aliphatic hydroxyl groups is 1. The van der Waals surface area contributed by atoms with Gasteiger partial charge in [0, 0.05) is 17.7 Å². The average molecular weight is 315 g/mol. The maximum absolute atomic E-state index is 11.7. The minimum absolute atomic E-state index is 0.0636. The van der Waals surface area contributed by atoms with Crippen LogP contribution in [0.3, 0.4) is 0 Å². The molecule has 8 nitrogen and oxygen atoms in total. The van der Waals surface area contributed by atoms with Crippen molar-refractivity contribution in [2.45, 2.75) is 6.10 Å². The van der Waals surface area contributed by atoms with Gasteiger partial charge in [0.15, 0.2) is 6.10 Å². The Balaban J connectivity index is 2.05. The summed E-state index contributed by atoms with van der Waals surface area (Å²) >= 11 is 0. The summed E-state index contributed by atoms with van der Waals surface area (Å²) in [7, 11) is 0. The predicted octanol–water partition coefficient (Wildman–Crippen LogP) is 1.48. The maximum Gasteiger partial charge on any atom is 0.273 e. The Morgan fingerprint density at radius 1 is 1.26 bits per heavy atom. The molecular weight excluding hydrogens is 302 g/mol. The minimum Gasteiger partial charge on any atom is -0.507 e. The summed E-state index contributed by atoms with van der Waals surface area (Å²) in [5.41, 5.74) is 2.35. The second-order valence-corrected chi connectivity index (χ2v) is 4.55. The Morgan fingerprint density at radius 3 is 2.61 bits per heavy atom. The molecule has 0 unspecified atom stereocenters. The third-order valence-electron chi connectivity index (χ3n) is 2.96. The molecule has 1 atom stereocenters. The molecule has 0 saturated heterocycles. The Labute approximate surface area is 130 Å². The number of hydrazone groups is 1. The third kappa shape index (κ3) is 4.11. The van der Waals surface area contributed by atoms with Crippen molar-refractivity contribution in [3.8, 4) is 5.75 Å². The number of rotatable bonds is 5. The molecule has 118 valence electrons. The number of phenolic OH excluding ortho intramolecular Hbond substituents is 1. The van der Waals surface area contributed by atoms with Gasteiger partial charge in [-0.05, 0) is 11.6 Å². The van der Waals surface area contributed by atoms with Gasteiger partial charge in [0.1, 0.15) is 5.75 Å². The van der Waals surface area contributed by atoms with Crippen LogP contribution in [0, 0.1) is 10.1 Å². The van der Waals surface area contributed by atoms with Gasteiger partial charge in [-0.25, -0.2) is 5.43 Å². The number of nitro benzene ring substituents is 1. The van der Waals surface area contributed by atoms with Crippen LogP contribution in [0.5, 0.6) is 5.75 Å². The first kappa shape index (κ1) is 16.1. The van der Waals surface area contributed by atoms with Gasteiger partial charge in [-0.1, -0.05) is 30.3 Å². The number of phenols is 1. The molecule has 0 radical (unpaired) electrons. The molecular formula is C15H13N3O5. The van der Waals surface area contributed by atoms with Crippen LogP contribution in [0.4, 0.5) is 5.69 Å². The molecule has 3 N–H and O–H groups in total. The van der Waals surface area contributed by atoms with Crippen molar-refractivity contribution < 1.29 is 19.9 Å². The van der Waals surface area contributed by atoms with Gasteiger partial charge in [-0.2, -0.15) is 5.10 Å². The largest absolute Gasteiger partial charge is 0.507 e. The van der Waals surface area contributed by atoms with Gasteiger partial charge >= 0.3 is 0 Å². The second kappa shape index (κ2) is 7.14. The number of carbonyl (C=O) groups excluding carboxylic acids is 1. The lowest BCUT2D eigenvalue weighted by atomic mass is 10.1. The van der Waals surface area contributed by atoms with E-state index in [9.17, 15) is 25.1 Å². The molecule has 2 rings (SSSR count). The van der Waals surface area contributed by atoms with Crippen molar-refractivity contribution in [2.75, 3.05) is 0 Å². The highest BCUT2D eigenvalue weighted by Gasteiger charge is 2.16. The quantitative estimate of drug-likeness (QED) is 0.438. The van der Waals surface area contributed by atoms with Gasteiger partial charge in [-0.3, -0.25) is 14.9 Å². The zero-order valence-electron chi connectivity index (χ0n) is 11.8. The standard InChI is InChI=1S/C15H13N3O5/c19-13-7-6-12(18(22)23)8-11(13)9-16-17-15(21)14(20)10-4-2-1-3-5-10/h1-9,14,19-20H,(H,17,21)/b16-9+/t14-/m1/s1. The van der Waals surface area contributed by atoms with E-state index in [2.05, 4.69) is 10.5 Å². The molecule has 0 bridgehead atoms. The van der Waals surface area contributed by atoms with Crippen LogP contribution in [-0.4, -0.2) is 27.3 Å². The van der Waals surface area contributed by atoms with Gasteiger partial charge in [-0.15, -0.1) is 0 Å². The average Bonchev–Trinajstić information content (AvgIpc) is 2.56. The Hall–Kier alpha value is -3.26. The second-order valence-electron chi connectivity index (χ2n) is 4.55. The molecule has 2 aromatic rings. The van der Waals surface area contributed by atoms with Crippen LogP contribution < -0.4 is 5.43 Å². The molecule has 0 saturated carbocycles. The van der Waals surface area contributed by atoms with Gasteiger partial charge in [0.25, 0.3) is 11.6 Å². The summed E-state index contributed by atoms with van der Waals surface area (Å²) in [6, 6.07) is 11.7.